The van der Waals surface area contributed by atoms with Gasteiger partial charge < -0.3 is 14.6 Å². The molecule has 1 fully saturated rings. The number of aliphatic hydroxyl groups excluding tert-OH is 1. The van der Waals surface area contributed by atoms with Crippen LogP contribution in [0.2, 0.25) is 0 Å². The Morgan fingerprint density at radius 2 is 2.17 bits per heavy atom. The van der Waals surface area contributed by atoms with Gasteiger partial charge in [0.25, 0.3) is 0 Å². The maximum Gasteiger partial charge on any atom is 0.147 e. The van der Waals surface area contributed by atoms with E-state index < -0.39 is 0 Å². The molecule has 3 nitrogen and oxygen atoms in total. The van der Waals surface area contributed by atoms with Gasteiger partial charge in [0, 0.05) is 7.11 Å². The second-order valence-corrected chi connectivity index (χ2v) is 8.48. The van der Waals surface area contributed by atoms with Gasteiger partial charge in [0.15, 0.2) is 0 Å². The molecule has 0 aliphatic heterocycles. The molecule has 0 amide bonds. The van der Waals surface area contributed by atoms with Crippen LogP contribution in [0, 0.1) is 17.3 Å². The molecule has 0 bridgehead atoms. The highest BCUT2D eigenvalue weighted by Gasteiger charge is 2.47. The van der Waals surface area contributed by atoms with Crippen molar-refractivity contribution in [2.75, 3.05) is 13.9 Å². The maximum atomic E-state index is 10.3. The number of fused-ring (bicyclic) bond motifs is 1. The summed E-state index contributed by atoms with van der Waals surface area (Å²) in [5, 5.41) is 10.3. The third-order valence-electron chi connectivity index (χ3n) is 6.24. The first-order valence-electron chi connectivity index (χ1n) is 9.31. The fourth-order valence-corrected chi connectivity index (χ4v) is 4.80. The van der Waals surface area contributed by atoms with Gasteiger partial charge in [-0.3, -0.25) is 0 Å². The molecule has 3 heteroatoms. The van der Waals surface area contributed by atoms with E-state index in [0.717, 1.165) is 25.7 Å². The van der Waals surface area contributed by atoms with E-state index in [2.05, 4.69) is 33.8 Å². The van der Waals surface area contributed by atoms with Crippen LogP contribution in [0.1, 0.15) is 72.6 Å². The van der Waals surface area contributed by atoms with Crippen molar-refractivity contribution >= 4 is 0 Å². The van der Waals surface area contributed by atoms with E-state index in [0.29, 0.717) is 18.6 Å². The summed E-state index contributed by atoms with van der Waals surface area (Å²) in [6.45, 7) is 9.40. The highest BCUT2D eigenvalue weighted by atomic mass is 16.7. The molecule has 134 valence electrons. The number of aliphatic hydroxyl groups is 1. The average Bonchev–Trinajstić information content (AvgIpc) is 2.83. The summed E-state index contributed by atoms with van der Waals surface area (Å²) >= 11 is 0. The van der Waals surface area contributed by atoms with Crippen LogP contribution >= 0.6 is 0 Å². The normalized spacial score (nSPS) is 32.5. The predicted octanol–water partition coefficient (Wildman–Crippen LogP) is 4.69. The summed E-state index contributed by atoms with van der Waals surface area (Å²) in [5.41, 5.74) is 1.73. The summed E-state index contributed by atoms with van der Waals surface area (Å²) < 4.78 is 10.7. The molecule has 0 radical (unpaired) electrons. The van der Waals surface area contributed by atoms with Crippen molar-refractivity contribution in [2.24, 2.45) is 17.3 Å². The van der Waals surface area contributed by atoms with Gasteiger partial charge in [0.2, 0.25) is 0 Å². The largest absolute Gasteiger partial charge is 0.393 e. The van der Waals surface area contributed by atoms with Crippen LogP contribution in [0.4, 0.5) is 0 Å². The lowest BCUT2D eigenvalue weighted by Gasteiger charge is -2.43. The number of allylic oxidation sites excluding steroid dienone is 2. The summed E-state index contributed by atoms with van der Waals surface area (Å²) in [6.07, 6.45) is 10.2. The molecule has 4 atom stereocenters. The Morgan fingerprint density at radius 3 is 2.87 bits per heavy atom. The van der Waals surface area contributed by atoms with Crippen molar-refractivity contribution in [2.45, 2.75) is 84.3 Å². The zero-order valence-corrected chi connectivity index (χ0v) is 15.7. The number of hydrogen-bond donors (Lipinski definition) is 1. The third kappa shape index (κ3) is 4.37. The molecule has 4 unspecified atom stereocenters. The lowest BCUT2D eigenvalue weighted by atomic mass is 9.63. The molecule has 0 saturated heterocycles. The maximum absolute atomic E-state index is 10.3. The number of ether oxygens (including phenoxy) is 2. The van der Waals surface area contributed by atoms with Gasteiger partial charge in [0.05, 0.1) is 11.7 Å². The van der Waals surface area contributed by atoms with Crippen LogP contribution in [0.15, 0.2) is 11.6 Å². The summed E-state index contributed by atoms with van der Waals surface area (Å²) in [6, 6.07) is 0. The van der Waals surface area contributed by atoms with E-state index in [9.17, 15) is 5.11 Å². The molecule has 1 N–H and O–H groups in total. The zero-order valence-electron chi connectivity index (χ0n) is 15.7. The van der Waals surface area contributed by atoms with Gasteiger partial charge in [-0.1, -0.05) is 31.9 Å². The van der Waals surface area contributed by atoms with Crippen molar-refractivity contribution in [3.05, 3.63) is 11.6 Å². The molecular weight excluding hydrogens is 288 g/mol. The molecule has 23 heavy (non-hydrogen) atoms. The molecule has 0 spiro atoms. The fraction of sp³-hybridized carbons (Fsp3) is 0.900. The third-order valence-corrected chi connectivity index (χ3v) is 6.24. The van der Waals surface area contributed by atoms with Crippen LogP contribution in [0.5, 0.6) is 0 Å². The van der Waals surface area contributed by atoms with Crippen molar-refractivity contribution in [3.63, 3.8) is 0 Å². The SMILES string of the molecule is COCOC(C)(C)CCCC(C)C1=CCC2C(O)CCCC12C. The second-order valence-electron chi connectivity index (χ2n) is 8.48. The minimum atomic E-state index is -0.118. The van der Waals surface area contributed by atoms with E-state index in [1.54, 1.807) is 12.7 Å². The molecule has 0 aromatic heterocycles. The van der Waals surface area contributed by atoms with Gasteiger partial charge in [0.1, 0.15) is 6.79 Å². The molecule has 2 aliphatic rings. The van der Waals surface area contributed by atoms with Crippen molar-refractivity contribution < 1.29 is 14.6 Å². The number of methoxy groups -OCH3 is 1. The van der Waals surface area contributed by atoms with E-state index in [4.69, 9.17) is 9.47 Å². The zero-order chi connectivity index (χ0) is 17.1. The van der Waals surface area contributed by atoms with Gasteiger partial charge in [-0.15, -0.1) is 0 Å². The van der Waals surface area contributed by atoms with Crippen LogP contribution < -0.4 is 0 Å². The summed E-state index contributed by atoms with van der Waals surface area (Å²) in [4.78, 5) is 0. The minimum absolute atomic E-state index is 0.101. The van der Waals surface area contributed by atoms with Gasteiger partial charge in [-0.25, -0.2) is 0 Å². The van der Waals surface area contributed by atoms with Crippen molar-refractivity contribution in [3.8, 4) is 0 Å². The van der Waals surface area contributed by atoms with Crippen LogP contribution in [0.3, 0.4) is 0 Å². The van der Waals surface area contributed by atoms with Crippen molar-refractivity contribution in [1.82, 2.24) is 0 Å². The standard InChI is InChI=1S/C20H36O3/c1-15(8-6-12-19(2,3)23-14-22-5)16-10-11-17-18(21)9-7-13-20(16,17)4/h10,15,17-18,21H,6-9,11-14H2,1-5H3. The molecule has 0 aromatic rings. The Bertz CT molecular complexity index is 415. The first kappa shape index (κ1) is 19.0. The molecule has 0 aromatic carbocycles. The van der Waals surface area contributed by atoms with E-state index in [1.165, 1.54) is 19.3 Å². The van der Waals surface area contributed by atoms with Crippen molar-refractivity contribution in [1.29, 1.82) is 0 Å². The van der Waals surface area contributed by atoms with Gasteiger partial charge in [-0.05, 0) is 69.6 Å². The Labute approximate surface area is 142 Å². The van der Waals surface area contributed by atoms with Gasteiger partial charge >= 0.3 is 0 Å². The lowest BCUT2D eigenvalue weighted by Crippen LogP contribution is -2.39. The Kier molecular flexibility index (Phi) is 6.32. The summed E-state index contributed by atoms with van der Waals surface area (Å²) in [7, 11) is 1.67. The topological polar surface area (TPSA) is 38.7 Å². The Morgan fingerprint density at radius 1 is 1.43 bits per heavy atom. The quantitative estimate of drug-likeness (QED) is 0.520. The first-order valence-corrected chi connectivity index (χ1v) is 9.31. The smallest absolute Gasteiger partial charge is 0.147 e. The van der Waals surface area contributed by atoms with Crippen LogP contribution in [-0.4, -0.2) is 30.7 Å². The lowest BCUT2D eigenvalue weighted by molar-refractivity contribution is -0.117. The van der Waals surface area contributed by atoms with E-state index in [-0.39, 0.29) is 17.1 Å². The molecule has 2 rings (SSSR count). The van der Waals surface area contributed by atoms with Crippen LogP contribution in [-0.2, 0) is 9.47 Å². The average molecular weight is 325 g/mol. The van der Waals surface area contributed by atoms with Gasteiger partial charge in [-0.2, -0.15) is 0 Å². The highest BCUT2D eigenvalue weighted by Crippen LogP contribution is 2.55. The Balaban J connectivity index is 1.85. The molecule has 1 saturated carbocycles. The Hall–Kier alpha value is -0.380. The molecule has 0 heterocycles. The first-order chi connectivity index (χ1) is 10.8. The molecule has 2 aliphatic carbocycles. The minimum Gasteiger partial charge on any atom is -0.393 e. The monoisotopic (exact) mass is 324 g/mol. The second kappa shape index (κ2) is 7.67. The number of hydrogen-bond acceptors (Lipinski definition) is 3. The molecular formula is C20H36O3. The number of rotatable bonds is 8. The van der Waals surface area contributed by atoms with E-state index >= 15 is 0 Å². The highest BCUT2D eigenvalue weighted by molar-refractivity contribution is 5.26. The predicted molar refractivity (Wildman–Crippen MR) is 94.2 cm³/mol. The van der Waals surface area contributed by atoms with Crippen LogP contribution in [0.25, 0.3) is 0 Å². The van der Waals surface area contributed by atoms with E-state index in [1.807, 2.05) is 0 Å². The fourth-order valence-electron chi connectivity index (χ4n) is 4.80. The summed E-state index contributed by atoms with van der Waals surface area (Å²) in [5.74, 6) is 1.06.